The molecule has 140 valence electrons. The van der Waals surface area contributed by atoms with Gasteiger partial charge in [0.15, 0.2) is 0 Å². The van der Waals surface area contributed by atoms with Gasteiger partial charge in [-0.3, -0.25) is 0 Å². The number of esters is 1. The van der Waals surface area contributed by atoms with E-state index in [1.165, 1.54) is 0 Å². The van der Waals surface area contributed by atoms with Gasteiger partial charge in [0.2, 0.25) is 0 Å². The number of hydrogen-bond acceptors (Lipinski definition) is 4. The molecule has 1 unspecified atom stereocenters. The van der Waals surface area contributed by atoms with Gasteiger partial charge in [0.25, 0.3) is 0 Å². The summed E-state index contributed by atoms with van der Waals surface area (Å²) in [4.78, 5) is 23.9. The van der Waals surface area contributed by atoms with Crippen molar-refractivity contribution in [2.45, 2.75) is 71.6 Å². The molecule has 1 aromatic rings. The third-order valence-corrected chi connectivity index (χ3v) is 3.64. The minimum atomic E-state index is -0.787. The third-order valence-electron chi connectivity index (χ3n) is 3.39. The molecule has 0 fully saturated rings. The van der Waals surface area contributed by atoms with Gasteiger partial charge in [-0.15, -0.1) is 0 Å². The van der Waals surface area contributed by atoms with Crippen molar-refractivity contribution < 1.29 is 19.1 Å². The molecule has 1 aromatic carbocycles. The summed E-state index contributed by atoms with van der Waals surface area (Å²) in [6.07, 6.45) is 0.765. The number of carbonyl (C=O) groups is 2. The molecule has 0 spiro atoms. The van der Waals surface area contributed by atoms with Crippen LogP contribution < -0.4 is 5.32 Å². The number of ether oxygens (including phenoxy) is 2. The second-order valence-corrected chi connectivity index (χ2v) is 8.11. The lowest BCUT2D eigenvalue weighted by Crippen LogP contribution is -2.44. The predicted molar refractivity (Wildman–Crippen MR) is 98.8 cm³/mol. The number of carbonyl (C=O) groups excluding carboxylic acids is 2. The van der Waals surface area contributed by atoms with Crippen molar-refractivity contribution in [3.8, 4) is 0 Å². The summed E-state index contributed by atoms with van der Waals surface area (Å²) >= 11 is 5.87. The van der Waals surface area contributed by atoms with E-state index < -0.39 is 29.3 Å². The summed E-state index contributed by atoms with van der Waals surface area (Å²) in [7, 11) is 0. The lowest BCUT2D eigenvalue weighted by Gasteiger charge is -2.27. The second kappa shape index (κ2) is 8.56. The molecule has 5 nitrogen and oxygen atoms in total. The van der Waals surface area contributed by atoms with Crippen LogP contribution in [0.5, 0.6) is 0 Å². The van der Waals surface area contributed by atoms with Gasteiger partial charge in [-0.25, -0.2) is 9.59 Å². The molecule has 0 aliphatic rings. The van der Waals surface area contributed by atoms with E-state index in [2.05, 4.69) is 5.32 Å². The topological polar surface area (TPSA) is 64.6 Å². The Morgan fingerprint density at radius 3 is 2.16 bits per heavy atom. The zero-order chi connectivity index (χ0) is 19.3. The van der Waals surface area contributed by atoms with Crippen LogP contribution in [0, 0.1) is 0 Å². The Morgan fingerprint density at radius 1 is 1.08 bits per heavy atom. The van der Waals surface area contributed by atoms with Gasteiger partial charge in [-0.2, -0.15) is 0 Å². The summed E-state index contributed by atoms with van der Waals surface area (Å²) < 4.78 is 10.7. The monoisotopic (exact) mass is 369 g/mol. The van der Waals surface area contributed by atoms with Gasteiger partial charge in [-0.05, 0) is 72.1 Å². The molecule has 0 saturated carbocycles. The fourth-order valence-electron chi connectivity index (χ4n) is 2.05. The maximum atomic E-state index is 12.2. The number of rotatable bonds is 6. The van der Waals surface area contributed by atoms with Crippen LogP contribution in [0.15, 0.2) is 24.3 Å². The van der Waals surface area contributed by atoms with Gasteiger partial charge < -0.3 is 14.8 Å². The third kappa shape index (κ3) is 8.77. The highest BCUT2D eigenvalue weighted by molar-refractivity contribution is 6.30. The minimum absolute atomic E-state index is 0.494. The molecule has 1 N–H and O–H groups in total. The molecule has 6 heteroatoms. The minimum Gasteiger partial charge on any atom is -0.458 e. The van der Waals surface area contributed by atoms with Crippen molar-refractivity contribution in [1.29, 1.82) is 0 Å². The summed E-state index contributed by atoms with van der Waals surface area (Å²) in [6, 6.07) is 6.79. The maximum Gasteiger partial charge on any atom is 0.408 e. The van der Waals surface area contributed by atoms with Crippen molar-refractivity contribution in [3.05, 3.63) is 34.9 Å². The maximum absolute atomic E-state index is 12.2. The Labute approximate surface area is 155 Å². The zero-order valence-electron chi connectivity index (χ0n) is 15.8. The van der Waals surface area contributed by atoms with Crippen LogP contribution in [0.3, 0.4) is 0 Å². The second-order valence-electron chi connectivity index (χ2n) is 7.68. The van der Waals surface area contributed by atoms with E-state index in [0.29, 0.717) is 11.4 Å². The fraction of sp³-hybridized carbons (Fsp3) is 0.579. The van der Waals surface area contributed by atoms with Crippen molar-refractivity contribution >= 4 is 23.7 Å². The highest BCUT2D eigenvalue weighted by Crippen LogP contribution is 2.20. The molecule has 0 heterocycles. The number of benzene rings is 1. The van der Waals surface area contributed by atoms with Crippen molar-refractivity contribution in [3.63, 3.8) is 0 Å². The predicted octanol–water partition coefficient (Wildman–Crippen LogP) is 4.51. The standard InChI is InChI=1S/C19H28ClNO4/c1-13(21-17(23)25-18(2,3)4)16(22)24-19(5,6)12-11-14-7-9-15(20)10-8-14/h7-10,13H,11-12H2,1-6H3,(H,21,23). The molecule has 1 atom stereocenters. The average Bonchev–Trinajstić information content (AvgIpc) is 2.44. The van der Waals surface area contributed by atoms with E-state index in [9.17, 15) is 9.59 Å². The molecule has 1 amide bonds. The average molecular weight is 370 g/mol. The molecule has 1 rings (SSSR count). The Hall–Kier alpha value is -1.75. The van der Waals surface area contributed by atoms with E-state index >= 15 is 0 Å². The van der Waals surface area contributed by atoms with Crippen molar-refractivity contribution in [1.82, 2.24) is 5.32 Å². The van der Waals surface area contributed by atoms with E-state index in [-0.39, 0.29) is 0 Å². The number of nitrogens with one attached hydrogen (secondary N) is 1. The highest BCUT2D eigenvalue weighted by atomic mass is 35.5. The van der Waals surface area contributed by atoms with Gasteiger partial charge in [0, 0.05) is 5.02 Å². The molecular formula is C19H28ClNO4. The van der Waals surface area contributed by atoms with Crippen LogP contribution in [0.25, 0.3) is 0 Å². The van der Waals surface area contributed by atoms with E-state index in [1.54, 1.807) is 27.7 Å². The smallest absolute Gasteiger partial charge is 0.408 e. The normalized spacial score (nSPS) is 13.1. The largest absolute Gasteiger partial charge is 0.458 e. The Morgan fingerprint density at radius 2 is 1.64 bits per heavy atom. The number of halogens is 1. The number of aryl methyl sites for hydroxylation is 1. The first kappa shape index (κ1) is 21.3. The van der Waals surface area contributed by atoms with Gasteiger partial charge >= 0.3 is 12.1 Å². The lowest BCUT2D eigenvalue weighted by atomic mass is 9.98. The Kier molecular flexibility index (Phi) is 7.29. The van der Waals surface area contributed by atoms with E-state index in [1.807, 2.05) is 38.1 Å². The summed E-state index contributed by atoms with van der Waals surface area (Å²) in [5.74, 6) is -0.494. The molecule has 0 aliphatic heterocycles. The molecule has 25 heavy (non-hydrogen) atoms. The first-order valence-corrected chi connectivity index (χ1v) is 8.72. The Balaban J connectivity index is 2.49. The highest BCUT2D eigenvalue weighted by Gasteiger charge is 2.28. The Bertz CT molecular complexity index is 590. The summed E-state index contributed by atoms with van der Waals surface area (Å²) in [6.45, 7) is 10.5. The van der Waals surface area contributed by atoms with E-state index in [4.69, 9.17) is 21.1 Å². The van der Waals surface area contributed by atoms with Crippen LogP contribution in [0.1, 0.15) is 53.5 Å². The van der Waals surface area contributed by atoms with Crippen LogP contribution >= 0.6 is 11.6 Å². The van der Waals surface area contributed by atoms with Crippen molar-refractivity contribution in [2.75, 3.05) is 0 Å². The van der Waals surface area contributed by atoms with E-state index in [0.717, 1.165) is 12.0 Å². The molecule has 0 aliphatic carbocycles. The molecule has 0 radical (unpaired) electrons. The number of alkyl carbamates (subject to hydrolysis) is 1. The SMILES string of the molecule is CC(NC(=O)OC(C)(C)C)C(=O)OC(C)(C)CCc1ccc(Cl)cc1. The summed E-state index contributed by atoms with van der Waals surface area (Å²) in [5, 5.41) is 3.18. The molecule has 0 bridgehead atoms. The fourth-order valence-corrected chi connectivity index (χ4v) is 2.18. The lowest BCUT2D eigenvalue weighted by molar-refractivity contribution is -0.159. The molecule has 0 saturated heterocycles. The molecular weight excluding hydrogens is 342 g/mol. The van der Waals surface area contributed by atoms with Gasteiger partial charge in [0.05, 0.1) is 0 Å². The van der Waals surface area contributed by atoms with Crippen LogP contribution in [0.4, 0.5) is 4.79 Å². The number of hydrogen-bond donors (Lipinski definition) is 1. The zero-order valence-corrected chi connectivity index (χ0v) is 16.6. The van der Waals surface area contributed by atoms with Crippen molar-refractivity contribution in [2.24, 2.45) is 0 Å². The quantitative estimate of drug-likeness (QED) is 0.749. The summed E-state index contributed by atoms with van der Waals surface area (Å²) in [5.41, 5.74) is -0.153. The first-order chi connectivity index (χ1) is 11.4. The van der Waals surface area contributed by atoms with Gasteiger partial charge in [-0.1, -0.05) is 23.7 Å². The molecule has 0 aromatic heterocycles. The van der Waals surface area contributed by atoms with Crippen LogP contribution in [-0.4, -0.2) is 29.3 Å². The van der Waals surface area contributed by atoms with Crippen LogP contribution in [-0.2, 0) is 20.7 Å². The number of amides is 1. The van der Waals surface area contributed by atoms with Crippen LogP contribution in [0.2, 0.25) is 5.02 Å². The van der Waals surface area contributed by atoms with Gasteiger partial charge in [0.1, 0.15) is 17.2 Å². The first-order valence-electron chi connectivity index (χ1n) is 8.35.